The van der Waals surface area contributed by atoms with Gasteiger partial charge < -0.3 is 10.1 Å². The SMILES string of the molecule is C.CNC(=O)C(C)C.COC(=O)C(C)C. The molecule has 1 N–H and O–H groups in total. The van der Waals surface area contributed by atoms with E-state index in [-0.39, 0.29) is 31.1 Å². The third-order valence-corrected chi connectivity index (χ3v) is 1.44. The summed E-state index contributed by atoms with van der Waals surface area (Å²) in [4.78, 5) is 20.7. The lowest BCUT2D eigenvalue weighted by molar-refractivity contribution is -0.144. The minimum absolute atomic E-state index is 0. The zero-order valence-electron chi connectivity index (χ0n) is 9.88. The van der Waals surface area contributed by atoms with E-state index in [1.165, 1.54) is 7.11 Å². The molecule has 0 saturated carbocycles. The summed E-state index contributed by atoms with van der Waals surface area (Å²) < 4.78 is 4.37. The van der Waals surface area contributed by atoms with Gasteiger partial charge in [-0.05, 0) is 0 Å². The highest BCUT2D eigenvalue weighted by atomic mass is 16.5. The van der Waals surface area contributed by atoms with Crippen LogP contribution >= 0.6 is 0 Å². The lowest BCUT2D eigenvalue weighted by Crippen LogP contribution is -2.22. The molecule has 15 heavy (non-hydrogen) atoms. The second kappa shape index (κ2) is 11.0. The van der Waals surface area contributed by atoms with Crippen molar-refractivity contribution in [3.63, 3.8) is 0 Å². The van der Waals surface area contributed by atoms with Gasteiger partial charge in [-0.3, -0.25) is 9.59 Å². The van der Waals surface area contributed by atoms with Crippen LogP contribution in [0.5, 0.6) is 0 Å². The van der Waals surface area contributed by atoms with Crippen molar-refractivity contribution < 1.29 is 14.3 Å². The van der Waals surface area contributed by atoms with Crippen LogP contribution in [0.3, 0.4) is 0 Å². The van der Waals surface area contributed by atoms with Crippen molar-refractivity contribution in [1.29, 1.82) is 0 Å². The van der Waals surface area contributed by atoms with Crippen LogP contribution in [0.25, 0.3) is 0 Å². The molecule has 92 valence electrons. The number of methoxy groups -OCH3 is 1. The maximum Gasteiger partial charge on any atom is 0.308 e. The van der Waals surface area contributed by atoms with Crippen molar-refractivity contribution in [3.8, 4) is 0 Å². The number of hydrogen-bond donors (Lipinski definition) is 1. The van der Waals surface area contributed by atoms with E-state index in [9.17, 15) is 9.59 Å². The fourth-order valence-corrected chi connectivity index (χ4v) is 0.524. The van der Waals surface area contributed by atoms with Gasteiger partial charge in [0.2, 0.25) is 5.91 Å². The molecule has 0 bridgehead atoms. The van der Waals surface area contributed by atoms with Crippen LogP contribution in [0.2, 0.25) is 0 Å². The molecule has 0 atom stereocenters. The highest BCUT2D eigenvalue weighted by Gasteiger charge is 2.03. The number of ether oxygens (including phenoxy) is 1. The van der Waals surface area contributed by atoms with Crippen LogP contribution in [-0.2, 0) is 14.3 Å². The molecule has 4 nitrogen and oxygen atoms in total. The van der Waals surface area contributed by atoms with Crippen molar-refractivity contribution in [3.05, 3.63) is 0 Å². The van der Waals surface area contributed by atoms with Crippen molar-refractivity contribution in [2.24, 2.45) is 11.8 Å². The largest absolute Gasteiger partial charge is 0.469 e. The molecule has 0 saturated heterocycles. The summed E-state index contributed by atoms with van der Waals surface area (Å²) in [6.45, 7) is 7.31. The van der Waals surface area contributed by atoms with Gasteiger partial charge in [0, 0.05) is 13.0 Å². The first-order valence-electron chi connectivity index (χ1n) is 4.66. The zero-order chi connectivity index (χ0) is 11.7. The normalized spacial score (nSPS) is 8.53. The quantitative estimate of drug-likeness (QED) is 0.721. The first-order valence-corrected chi connectivity index (χ1v) is 4.66. The van der Waals surface area contributed by atoms with Gasteiger partial charge in [-0.1, -0.05) is 35.1 Å². The second-order valence-electron chi connectivity index (χ2n) is 3.45. The van der Waals surface area contributed by atoms with E-state index >= 15 is 0 Å². The third kappa shape index (κ3) is 12.9. The Morgan fingerprint density at radius 1 is 1.07 bits per heavy atom. The van der Waals surface area contributed by atoms with Crippen LogP contribution in [0, 0.1) is 11.8 Å². The lowest BCUT2D eigenvalue weighted by atomic mass is 10.2. The monoisotopic (exact) mass is 219 g/mol. The lowest BCUT2D eigenvalue weighted by Gasteiger charge is -1.98. The minimum atomic E-state index is -0.153. The Morgan fingerprint density at radius 2 is 1.47 bits per heavy atom. The molecule has 0 aliphatic carbocycles. The maximum absolute atomic E-state index is 10.4. The van der Waals surface area contributed by atoms with Crippen molar-refractivity contribution >= 4 is 11.9 Å². The van der Waals surface area contributed by atoms with Gasteiger partial charge in [-0.2, -0.15) is 0 Å². The maximum atomic E-state index is 10.4. The molecule has 0 spiro atoms. The molecule has 0 heterocycles. The fraction of sp³-hybridized carbons (Fsp3) is 0.818. The van der Waals surface area contributed by atoms with E-state index in [1.807, 2.05) is 13.8 Å². The number of carbonyl (C=O) groups is 2. The molecule has 0 aliphatic heterocycles. The van der Waals surface area contributed by atoms with Crippen LogP contribution in [0.15, 0.2) is 0 Å². The van der Waals surface area contributed by atoms with E-state index in [1.54, 1.807) is 20.9 Å². The van der Waals surface area contributed by atoms with Gasteiger partial charge in [0.15, 0.2) is 0 Å². The summed E-state index contributed by atoms with van der Waals surface area (Å²) in [6, 6.07) is 0. The number of rotatable bonds is 2. The van der Waals surface area contributed by atoms with Crippen molar-refractivity contribution in [1.82, 2.24) is 5.32 Å². The molecule has 4 heteroatoms. The molecule has 0 unspecified atom stereocenters. The molecular weight excluding hydrogens is 194 g/mol. The van der Waals surface area contributed by atoms with E-state index in [0.717, 1.165) is 0 Å². The molecule has 1 amide bonds. The van der Waals surface area contributed by atoms with E-state index in [2.05, 4.69) is 10.1 Å². The first kappa shape index (κ1) is 19.5. The molecule has 0 aromatic carbocycles. The molecule has 0 aromatic heterocycles. The minimum Gasteiger partial charge on any atom is -0.469 e. The Balaban J connectivity index is -0.000000180. The van der Waals surface area contributed by atoms with Crippen LogP contribution in [-0.4, -0.2) is 26.0 Å². The van der Waals surface area contributed by atoms with Gasteiger partial charge in [0.25, 0.3) is 0 Å². The number of nitrogens with one attached hydrogen (secondary N) is 1. The number of hydrogen-bond acceptors (Lipinski definition) is 3. The molecule has 0 radical (unpaired) electrons. The van der Waals surface area contributed by atoms with E-state index < -0.39 is 0 Å². The molecular formula is C11H25NO3. The Hall–Kier alpha value is -1.06. The Kier molecular flexibility index (Phi) is 14.3. The second-order valence-corrected chi connectivity index (χ2v) is 3.45. The van der Waals surface area contributed by atoms with Gasteiger partial charge >= 0.3 is 5.97 Å². The highest BCUT2D eigenvalue weighted by Crippen LogP contribution is 1.91. The molecule has 0 aromatic rings. The van der Waals surface area contributed by atoms with Crippen LogP contribution in [0.4, 0.5) is 0 Å². The standard InChI is InChI=1S/C5H11NO.C5H10O2.CH4/c1-4(2)5(7)6-3;1-4(2)5(6)7-3;/h4H,1-3H3,(H,6,7);4H,1-3H3;1H4. The Bertz CT molecular complexity index is 157. The van der Waals surface area contributed by atoms with Crippen molar-refractivity contribution in [2.75, 3.05) is 14.2 Å². The Labute approximate surface area is 93.4 Å². The van der Waals surface area contributed by atoms with E-state index in [4.69, 9.17) is 0 Å². The van der Waals surface area contributed by atoms with Gasteiger partial charge in [-0.25, -0.2) is 0 Å². The topological polar surface area (TPSA) is 55.4 Å². The average Bonchev–Trinajstić information content (AvgIpc) is 2.15. The number of carbonyl (C=O) groups excluding carboxylic acids is 2. The van der Waals surface area contributed by atoms with Crippen LogP contribution in [0.1, 0.15) is 35.1 Å². The zero-order valence-corrected chi connectivity index (χ0v) is 9.88. The third-order valence-electron chi connectivity index (χ3n) is 1.44. The predicted molar refractivity (Wildman–Crippen MR) is 62.5 cm³/mol. The Morgan fingerprint density at radius 3 is 1.47 bits per heavy atom. The van der Waals surface area contributed by atoms with Crippen LogP contribution < -0.4 is 5.32 Å². The summed E-state index contributed by atoms with van der Waals surface area (Å²) in [5.41, 5.74) is 0. The predicted octanol–water partition coefficient (Wildman–Crippen LogP) is 1.84. The summed E-state index contributed by atoms with van der Waals surface area (Å²) in [5.74, 6) is 0.0648. The number of esters is 1. The van der Waals surface area contributed by atoms with Gasteiger partial charge in [0.05, 0.1) is 13.0 Å². The summed E-state index contributed by atoms with van der Waals surface area (Å²) in [7, 11) is 3.03. The summed E-state index contributed by atoms with van der Waals surface area (Å²) >= 11 is 0. The van der Waals surface area contributed by atoms with Crippen molar-refractivity contribution in [2.45, 2.75) is 35.1 Å². The average molecular weight is 219 g/mol. The fourth-order valence-electron chi connectivity index (χ4n) is 0.524. The smallest absolute Gasteiger partial charge is 0.308 e. The first-order chi connectivity index (χ1) is 6.36. The van der Waals surface area contributed by atoms with E-state index in [0.29, 0.717) is 0 Å². The highest BCUT2D eigenvalue weighted by molar-refractivity contribution is 5.77. The summed E-state index contributed by atoms with van der Waals surface area (Å²) in [6.07, 6.45) is 0. The van der Waals surface area contributed by atoms with Gasteiger partial charge in [-0.15, -0.1) is 0 Å². The van der Waals surface area contributed by atoms with Gasteiger partial charge in [0.1, 0.15) is 0 Å². The molecule has 0 fully saturated rings. The molecule has 0 aliphatic rings. The number of amides is 1. The summed E-state index contributed by atoms with van der Waals surface area (Å²) in [5, 5.41) is 2.53. The molecule has 0 rings (SSSR count).